The fourth-order valence-electron chi connectivity index (χ4n) is 2.49. The Morgan fingerprint density at radius 1 is 1.38 bits per heavy atom. The van der Waals surface area contributed by atoms with E-state index in [2.05, 4.69) is 6.07 Å². The molecule has 1 amide bonds. The van der Waals surface area contributed by atoms with Gasteiger partial charge in [-0.3, -0.25) is 4.79 Å². The normalized spacial score (nSPS) is 34.7. The van der Waals surface area contributed by atoms with Crippen molar-refractivity contribution in [3.63, 3.8) is 0 Å². The van der Waals surface area contributed by atoms with Gasteiger partial charge in [0.25, 0.3) is 0 Å². The van der Waals surface area contributed by atoms with Crippen molar-refractivity contribution in [2.75, 3.05) is 13.1 Å². The smallest absolute Gasteiger partial charge is 0.209 e. The van der Waals surface area contributed by atoms with Crippen LogP contribution in [0.2, 0.25) is 0 Å². The van der Waals surface area contributed by atoms with Crippen LogP contribution >= 0.6 is 0 Å². The number of fused-ring (bicyclic) bond motifs is 1. The van der Waals surface area contributed by atoms with Crippen molar-refractivity contribution in [2.24, 2.45) is 11.8 Å². The molecular weight excluding hydrogens is 164 g/mol. The van der Waals surface area contributed by atoms with E-state index >= 15 is 0 Å². The lowest BCUT2D eigenvalue weighted by Gasteiger charge is -2.09. The van der Waals surface area contributed by atoms with E-state index in [9.17, 15) is 4.79 Å². The minimum atomic E-state index is 0.616. The van der Waals surface area contributed by atoms with Crippen molar-refractivity contribution < 1.29 is 4.79 Å². The third-order valence-electron chi connectivity index (χ3n) is 3.07. The van der Waals surface area contributed by atoms with Crippen LogP contribution in [0.15, 0.2) is 11.6 Å². The minimum absolute atomic E-state index is 0.616. The van der Waals surface area contributed by atoms with E-state index in [4.69, 9.17) is 5.26 Å². The molecule has 0 unspecified atom stereocenters. The zero-order valence-corrected chi connectivity index (χ0v) is 7.44. The molecule has 0 spiro atoms. The molecule has 13 heavy (non-hydrogen) atoms. The largest absolute Gasteiger partial charge is 0.345 e. The van der Waals surface area contributed by atoms with Gasteiger partial charge >= 0.3 is 0 Å². The van der Waals surface area contributed by atoms with Gasteiger partial charge in [-0.1, -0.05) is 5.57 Å². The molecule has 3 nitrogen and oxygen atoms in total. The summed E-state index contributed by atoms with van der Waals surface area (Å²) >= 11 is 0. The first-order valence-electron chi connectivity index (χ1n) is 4.60. The van der Waals surface area contributed by atoms with Gasteiger partial charge in [-0.15, -0.1) is 0 Å². The molecule has 0 bridgehead atoms. The summed E-state index contributed by atoms with van der Waals surface area (Å²) in [5.41, 5.74) is 1.27. The maximum atomic E-state index is 10.5. The number of hydrogen-bond acceptors (Lipinski definition) is 2. The third kappa shape index (κ3) is 1.44. The number of nitriles is 1. The fraction of sp³-hybridized carbons (Fsp3) is 0.600. The number of carbonyl (C=O) groups excluding carboxylic acids is 1. The van der Waals surface area contributed by atoms with Gasteiger partial charge in [-0.25, -0.2) is 0 Å². The second-order valence-electron chi connectivity index (χ2n) is 3.92. The van der Waals surface area contributed by atoms with Crippen LogP contribution in [0.3, 0.4) is 0 Å². The van der Waals surface area contributed by atoms with Crippen LogP contribution in [0.1, 0.15) is 12.8 Å². The number of rotatable bonds is 1. The van der Waals surface area contributed by atoms with Gasteiger partial charge < -0.3 is 4.90 Å². The van der Waals surface area contributed by atoms with E-state index < -0.39 is 0 Å². The number of nitrogens with zero attached hydrogens (tertiary/aromatic N) is 2. The number of amides is 1. The Morgan fingerprint density at radius 2 is 2.00 bits per heavy atom. The van der Waals surface area contributed by atoms with Gasteiger partial charge in [0, 0.05) is 19.2 Å². The molecule has 0 aromatic rings. The van der Waals surface area contributed by atoms with Crippen molar-refractivity contribution in [1.29, 1.82) is 5.26 Å². The fourth-order valence-corrected chi connectivity index (χ4v) is 2.49. The molecule has 2 aliphatic rings. The summed E-state index contributed by atoms with van der Waals surface area (Å²) in [6, 6.07) is 2.08. The topological polar surface area (TPSA) is 44.1 Å². The summed E-state index contributed by atoms with van der Waals surface area (Å²) in [7, 11) is 0. The molecule has 0 radical (unpaired) electrons. The molecule has 1 heterocycles. The molecule has 0 aromatic carbocycles. The van der Waals surface area contributed by atoms with Gasteiger partial charge in [-0.05, 0) is 24.7 Å². The third-order valence-corrected chi connectivity index (χ3v) is 3.07. The maximum Gasteiger partial charge on any atom is 0.209 e. The predicted molar refractivity (Wildman–Crippen MR) is 47.5 cm³/mol. The number of allylic oxidation sites excluding steroid dienone is 2. The van der Waals surface area contributed by atoms with E-state index in [0.717, 1.165) is 32.3 Å². The molecule has 0 aromatic heterocycles. The van der Waals surface area contributed by atoms with E-state index in [-0.39, 0.29) is 0 Å². The lowest BCUT2D eigenvalue weighted by atomic mass is 10.0. The highest BCUT2D eigenvalue weighted by Crippen LogP contribution is 2.40. The van der Waals surface area contributed by atoms with E-state index in [1.165, 1.54) is 5.57 Å². The molecule has 1 saturated carbocycles. The van der Waals surface area contributed by atoms with Crippen LogP contribution in [0.5, 0.6) is 0 Å². The summed E-state index contributed by atoms with van der Waals surface area (Å²) in [4.78, 5) is 12.4. The zero-order valence-electron chi connectivity index (χ0n) is 7.44. The van der Waals surface area contributed by atoms with Crippen molar-refractivity contribution in [3.05, 3.63) is 11.6 Å². The molecule has 68 valence electrons. The monoisotopic (exact) mass is 176 g/mol. The number of likely N-dealkylation sites (tertiary alicyclic amines) is 1. The molecular formula is C10H12N2O. The van der Waals surface area contributed by atoms with Gasteiger partial charge in [0.15, 0.2) is 0 Å². The van der Waals surface area contributed by atoms with E-state index in [1.807, 2.05) is 4.90 Å². The molecule has 2 rings (SSSR count). The summed E-state index contributed by atoms with van der Waals surface area (Å²) in [5, 5.41) is 8.50. The highest BCUT2D eigenvalue weighted by Gasteiger charge is 2.37. The maximum absolute atomic E-state index is 10.5. The predicted octanol–water partition coefficient (Wildman–Crippen LogP) is 0.935. The molecule has 1 aliphatic heterocycles. The molecule has 1 aliphatic carbocycles. The quantitative estimate of drug-likeness (QED) is 0.440. The Bertz CT molecular complexity index is 274. The van der Waals surface area contributed by atoms with Crippen LogP contribution in [0.4, 0.5) is 0 Å². The summed E-state index contributed by atoms with van der Waals surface area (Å²) in [6.45, 7) is 1.77. The van der Waals surface area contributed by atoms with Crippen molar-refractivity contribution >= 4 is 6.41 Å². The van der Waals surface area contributed by atoms with Crippen molar-refractivity contribution in [1.82, 2.24) is 4.90 Å². The molecule has 2 fully saturated rings. The Kier molecular flexibility index (Phi) is 2.05. The van der Waals surface area contributed by atoms with Crippen LogP contribution < -0.4 is 0 Å². The van der Waals surface area contributed by atoms with Gasteiger partial charge in [0.05, 0.1) is 6.07 Å². The van der Waals surface area contributed by atoms with Crippen molar-refractivity contribution in [3.8, 4) is 6.07 Å². The van der Waals surface area contributed by atoms with Gasteiger partial charge in [0.1, 0.15) is 0 Å². The number of carbonyl (C=O) groups is 1. The summed E-state index contributed by atoms with van der Waals surface area (Å²) in [5.74, 6) is 1.23. The lowest BCUT2D eigenvalue weighted by molar-refractivity contribution is -0.117. The molecule has 3 heteroatoms. The standard InChI is InChI=1S/C10H12N2O/c11-2-1-8-3-9-5-12(7-13)6-10(9)4-8/h1,7,9-10H,3-6H2/t9-,10+. The Hall–Kier alpha value is -1.30. The van der Waals surface area contributed by atoms with Crippen LogP contribution in [-0.4, -0.2) is 24.4 Å². The van der Waals surface area contributed by atoms with Crippen molar-refractivity contribution in [2.45, 2.75) is 12.8 Å². The number of hydrogen-bond donors (Lipinski definition) is 0. The van der Waals surface area contributed by atoms with E-state index in [1.54, 1.807) is 6.08 Å². The first-order valence-corrected chi connectivity index (χ1v) is 4.60. The second kappa shape index (κ2) is 3.21. The average Bonchev–Trinajstić information content (AvgIpc) is 2.61. The second-order valence-corrected chi connectivity index (χ2v) is 3.92. The SMILES string of the molecule is N#CC=C1C[C@@H]2CN(C=O)C[C@@H]2C1. The van der Waals surface area contributed by atoms with Gasteiger partial charge in [-0.2, -0.15) is 5.26 Å². The highest BCUT2D eigenvalue weighted by molar-refractivity contribution is 5.48. The van der Waals surface area contributed by atoms with E-state index in [0.29, 0.717) is 11.8 Å². The Morgan fingerprint density at radius 3 is 2.46 bits per heavy atom. The molecule has 0 N–H and O–H groups in total. The molecule has 2 atom stereocenters. The highest BCUT2D eigenvalue weighted by atomic mass is 16.1. The zero-order chi connectivity index (χ0) is 9.26. The van der Waals surface area contributed by atoms with Crippen LogP contribution in [0, 0.1) is 23.2 Å². The Labute approximate surface area is 77.6 Å². The lowest BCUT2D eigenvalue weighted by Crippen LogP contribution is -2.19. The average molecular weight is 176 g/mol. The Balaban J connectivity index is 2.01. The first kappa shape index (κ1) is 8.31. The van der Waals surface area contributed by atoms with Crippen LogP contribution in [-0.2, 0) is 4.79 Å². The summed E-state index contributed by atoms with van der Waals surface area (Å²) < 4.78 is 0. The first-order chi connectivity index (χ1) is 6.33. The minimum Gasteiger partial charge on any atom is -0.345 e. The molecule has 1 saturated heterocycles. The summed E-state index contributed by atoms with van der Waals surface area (Å²) in [6.07, 6.45) is 4.64. The van der Waals surface area contributed by atoms with Gasteiger partial charge in [0.2, 0.25) is 6.41 Å². The van der Waals surface area contributed by atoms with Crippen LogP contribution in [0.25, 0.3) is 0 Å².